The Morgan fingerprint density at radius 3 is 2.41 bits per heavy atom. The molecular weight excluding hydrogens is 392 g/mol. The number of phenolic OH excluding ortho intramolecular Hbond substituents is 1. The average molecular weight is 412 g/mol. The first-order valence-electron chi connectivity index (χ1n) is 8.84. The SMILES string of the molecule is CCOc1ccc(S(=O)(=O)Nc2cccc(C(=O)Nc3ccccc3O)c2)cc1. The molecule has 0 fully saturated rings. The fourth-order valence-corrected chi connectivity index (χ4v) is 3.64. The third-order valence-electron chi connectivity index (χ3n) is 3.97. The molecule has 29 heavy (non-hydrogen) atoms. The number of rotatable bonds is 7. The molecule has 0 unspecified atom stereocenters. The molecular formula is C21H20N2O5S. The Morgan fingerprint density at radius 1 is 1.00 bits per heavy atom. The highest BCUT2D eigenvalue weighted by Crippen LogP contribution is 2.23. The zero-order valence-electron chi connectivity index (χ0n) is 15.6. The lowest BCUT2D eigenvalue weighted by Gasteiger charge is -2.11. The van der Waals surface area contributed by atoms with Crippen LogP contribution in [0.15, 0.2) is 77.7 Å². The van der Waals surface area contributed by atoms with Crippen molar-refractivity contribution >= 4 is 27.3 Å². The Bertz CT molecular complexity index is 1110. The summed E-state index contributed by atoms with van der Waals surface area (Å²) in [5.74, 6) is 0.0381. The number of carbonyl (C=O) groups is 1. The smallest absolute Gasteiger partial charge is 0.261 e. The Morgan fingerprint density at radius 2 is 1.72 bits per heavy atom. The van der Waals surface area contributed by atoms with E-state index >= 15 is 0 Å². The maximum absolute atomic E-state index is 12.6. The number of aromatic hydroxyl groups is 1. The molecule has 3 rings (SSSR count). The lowest BCUT2D eigenvalue weighted by molar-refractivity contribution is 0.102. The van der Waals surface area contributed by atoms with Crippen LogP contribution in [0.3, 0.4) is 0 Å². The maximum Gasteiger partial charge on any atom is 0.261 e. The average Bonchev–Trinajstić information content (AvgIpc) is 2.70. The van der Waals surface area contributed by atoms with Crippen LogP contribution in [-0.2, 0) is 10.0 Å². The van der Waals surface area contributed by atoms with Crippen LogP contribution >= 0.6 is 0 Å². The fourth-order valence-electron chi connectivity index (χ4n) is 2.59. The van der Waals surface area contributed by atoms with E-state index in [4.69, 9.17) is 4.74 Å². The summed E-state index contributed by atoms with van der Waals surface area (Å²) in [5, 5.41) is 12.4. The number of sulfonamides is 1. The molecule has 0 aliphatic carbocycles. The third-order valence-corrected chi connectivity index (χ3v) is 5.37. The molecule has 0 radical (unpaired) electrons. The van der Waals surface area contributed by atoms with Gasteiger partial charge in [-0.25, -0.2) is 8.42 Å². The molecule has 3 aromatic carbocycles. The predicted molar refractivity (Wildman–Crippen MR) is 111 cm³/mol. The Hall–Kier alpha value is -3.52. The van der Waals surface area contributed by atoms with Crippen molar-refractivity contribution < 1.29 is 23.1 Å². The van der Waals surface area contributed by atoms with Gasteiger partial charge in [0.15, 0.2) is 0 Å². The molecule has 0 atom stereocenters. The van der Waals surface area contributed by atoms with Gasteiger partial charge in [-0.05, 0) is 61.5 Å². The van der Waals surface area contributed by atoms with Gasteiger partial charge in [0, 0.05) is 11.3 Å². The summed E-state index contributed by atoms with van der Waals surface area (Å²) in [5.41, 5.74) is 0.738. The second-order valence-corrected chi connectivity index (χ2v) is 7.74. The molecule has 150 valence electrons. The van der Waals surface area contributed by atoms with Gasteiger partial charge in [0.05, 0.1) is 17.2 Å². The van der Waals surface area contributed by atoms with Gasteiger partial charge in [-0.3, -0.25) is 9.52 Å². The Kier molecular flexibility index (Phi) is 6.04. The van der Waals surface area contributed by atoms with Gasteiger partial charge in [0.25, 0.3) is 15.9 Å². The molecule has 0 aliphatic heterocycles. The zero-order valence-corrected chi connectivity index (χ0v) is 16.4. The highest BCUT2D eigenvalue weighted by atomic mass is 32.2. The second kappa shape index (κ2) is 8.66. The predicted octanol–water partition coefficient (Wildman–Crippen LogP) is 3.84. The lowest BCUT2D eigenvalue weighted by atomic mass is 10.2. The number of amides is 1. The molecule has 0 bridgehead atoms. The van der Waals surface area contributed by atoms with E-state index in [0.29, 0.717) is 12.4 Å². The van der Waals surface area contributed by atoms with Crippen molar-refractivity contribution in [3.05, 3.63) is 78.4 Å². The quantitative estimate of drug-likeness (QED) is 0.512. The minimum absolute atomic E-state index is 0.0618. The largest absolute Gasteiger partial charge is 0.506 e. The van der Waals surface area contributed by atoms with Crippen molar-refractivity contribution in [3.8, 4) is 11.5 Å². The molecule has 1 amide bonds. The van der Waals surface area contributed by atoms with Crippen LogP contribution in [0.4, 0.5) is 11.4 Å². The molecule has 0 aliphatic rings. The Balaban J connectivity index is 1.76. The summed E-state index contributed by atoms with van der Waals surface area (Å²) in [7, 11) is -3.83. The van der Waals surface area contributed by atoms with E-state index in [9.17, 15) is 18.3 Å². The summed E-state index contributed by atoms with van der Waals surface area (Å²) in [4.78, 5) is 12.5. The number of hydrogen-bond acceptors (Lipinski definition) is 5. The van der Waals surface area contributed by atoms with Gasteiger partial charge in [0.1, 0.15) is 11.5 Å². The van der Waals surface area contributed by atoms with Crippen molar-refractivity contribution in [3.63, 3.8) is 0 Å². The van der Waals surface area contributed by atoms with E-state index in [-0.39, 0.29) is 27.6 Å². The van der Waals surface area contributed by atoms with E-state index in [1.807, 2.05) is 6.92 Å². The standard InChI is InChI=1S/C21H20N2O5S/c1-2-28-17-10-12-18(13-11-17)29(26,27)23-16-7-5-6-15(14-16)21(25)22-19-8-3-4-9-20(19)24/h3-14,23-24H,2H2,1H3,(H,22,25). The van der Waals surface area contributed by atoms with Crippen molar-refractivity contribution in [1.29, 1.82) is 0 Å². The zero-order chi connectivity index (χ0) is 20.9. The van der Waals surface area contributed by atoms with E-state index in [2.05, 4.69) is 10.0 Å². The number of phenols is 1. The topological polar surface area (TPSA) is 105 Å². The lowest BCUT2D eigenvalue weighted by Crippen LogP contribution is -2.15. The summed E-state index contributed by atoms with van der Waals surface area (Å²) >= 11 is 0. The number of anilines is 2. The van der Waals surface area contributed by atoms with Gasteiger partial charge in [-0.15, -0.1) is 0 Å². The van der Waals surface area contributed by atoms with Crippen molar-refractivity contribution in [1.82, 2.24) is 0 Å². The summed E-state index contributed by atoms with van der Waals surface area (Å²) in [6.07, 6.45) is 0. The van der Waals surface area contributed by atoms with Gasteiger partial charge >= 0.3 is 0 Å². The first-order chi connectivity index (χ1) is 13.9. The minimum Gasteiger partial charge on any atom is -0.506 e. The molecule has 0 aromatic heterocycles. The molecule has 0 spiro atoms. The highest BCUT2D eigenvalue weighted by molar-refractivity contribution is 7.92. The third kappa shape index (κ3) is 5.05. The summed E-state index contributed by atoms with van der Waals surface area (Å²) < 4.78 is 33.0. The van der Waals surface area contributed by atoms with Crippen LogP contribution in [0.1, 0.15) is 17.3 Å². The highest BCUT2D eigenvalue weighted by Gasteiger charge is 2.16. The van der Waals surface area contributed by atoms with Crippen LogP contribution in [0.25, 0.3) is 0 Å². The van der Waals surface area contributed by atoms with E-state index in [1.165, 1.54) is 24.3 Å². The number of para-hydroxylation sites is 2. The molecule has 0 saturated carbocycles. The van der Waals surface area contributed by atoms with E-state index in [0.717, 1.165) is 0 Å². The van der Waals surface area contributed by atoms with Gasteiger partial charge in [-0.1, -0.05) is 18.2 Å². The molecule has 3 aromatic rings. The van der Waals surface area contributed by atoms with Gasteiger partial charge in [-0.2, -0.15) is 0 Å². The normalized spacial score (nSPS) is 10.9. The molecule has 0 saturated heterocycles. The first kappa shape index (κ1) is 20.2. The van der Waals surface area contributed by atoms with Crippen LogP contribution in [-0.4, -0.2) is 26.0 Å². The number of benzene rings is 3. The van der Waals surface area contributed by atoms with Gasteiger partial charge < -0.3 is 15.2 Å². The van der Waals surface area contributed by atoms with Crippen LogP contribution in [0.2, 0.25) is 0 Å². The first-order valence-corrected chi connectivity index (χ1v) is 10.3. The van der Waals surface area contributed by atoms with Crippen LogP contribution in [0.5, 0.6) is 11.5 Å². The fraction of sp³-hybridized carbons (Fsp3) is 0.0952. The molecule has 8 heteroatoms. The van der Waals surface area contributed by atoms with Crippen molar-refractivity contribution in [2.75, 3.05) is 16.6 Å². The van der Waals surface area contributed by atoms with E-state index in [1.54, 1.807) is 48.5 Å². The molecule has 3 N–H and O–H groups in total. The maximum atomic E-state index is 12.6. The van der Waals surface area contributed by atoms with Crippen LogP contribution < -0.4 is 14.8 Å². The van der Waals surface area contributed by atoms with Crippen LogP contribution in [0, 0.1) is 0 Å². The Labute approximate surface area is 169 Å². The summed E-state index contributed by atoms with van der Waals surface area (Å²) in [6.45, 7) is 2.33. The minimum atomic E-state index is -3.83. The molecule has 0 heterocycles. The van der Waals surface area contributed by atoms with Gasteiger partial charge in [0.2, 0.25) is 0 Å². The number of carbonyl (C=O) groups excluding carboxylic acids is 1. The van der Waals surface area contributed by atoms with Crippen molar-refractivity contribution in [2.45, 2.75) is 11.8 Å². The van der Waals surface area contributed by atoms with Crippen molar-refractivity contribution in [2.24, 2.45) is 0 Å². The second-order valence-electron chi connectivity index (χ2n) is 6.06. The number of ether oxygens (including phenoxy) is 1. The number of hydrogen-bond donors (Lipinski definition) is 3. The molecule has 7 nitrogen and oxygen atoms in total. The van der Waals surface area contributed by atoms with E-state index < -0.39 is 15.9 Å². The number of nitrogens with one attached hydrogen (secondary N) is 2. The monoisotopic (exact) mass is 412 g/mol. The summed E-state index contributed by atoms with van der Waals surface area (Å²) in [6, 6.07) is 18.5.